The van der Waals surface area contributed by atoms with Gasteiger partial charge >= 0.3 is 5.97 Å². The number of hydrogen-bond donors (Lipinski definition) is 2. The van der Waals surface area contributed by atoms with Crippen LogP contribution in [0.25, 0.3) is 0 Å². The number of rotatable bonds is 5. The highest BCUT2D eigenvalue weighted by molar-refractivity contribution is 7.89. The summed E-state index contributed by atoms with van der Waals surface area (Å²) in [6.45, 7) is -0.576. The smallest absolute Gasteiger partial charge is 0.335 e. The monoisotopic (exact) mass is 345 g/mol. The molecule has 5 nitrogen and oxygen atoms in total. The Morgan fingerprint density at radius 1 is 1.04 bits per heavy atom. The zero-order chi connectivity index (χ0) is 17.2. The van der Waals surface area contributed by atoms with E-state index in [1.807, 2.05) is 4.72 Å². The third-order valence-electron chi connectivity index (χ3n) is 2.89. The van der Waals surface area contributed by atoms with Gasteiger partial charge in [-0.3, -0.25) is 0 Å². The molecular formula is C14H10F3NO4S. The predicted molar refractivity (Wildman–Crippen MR) is 73.7 cm³/mol. The molecule has 0 unspecified atom stereocenters. The van der Waals surface area contributed by atoms with Gasteiger partial charge in [-0.2, -0.15) is 0 Å². The van der Waals surface area contributed by atoms with Crippen molar-refractivity contribution in [2.75, 3.05) is 0 Å². The number of carboxylic acid groups (broad SMARTS) is 1. The number of carboxylic acids is 1. The third kappa shape index (κ3) is 4.08. The van der Waals surface area contributed by atoms with Crippen LogP contribution in [0.15, 0.2) is 41.3 Å². The van der Waals surface area contributed by atoms with Gasteiger partial charge in [0, 0.05) is 18.2 Å². The molecule has 0 heterocycles. The second kappa shape index (κ2) is 6.39. The number of aromatic carboxylic acids is 1. The van der Waals surface area contributed by atoms with E-state index < -0.39 is 44.9 Å². The van der Waals surface area contributed by atoms with Gasteiger partial charge < -0.3 is 5.11 Å². The van der Waals surface area contributed by atoms with Crippen molar-refractivity contribution in [2.24, 2.45) is 0 Å². The molecule has 0 bridgehead atoms. The summed E-state index contributed by atoms with van der Waals surface area (Å²) >= 11 is 0. The molecule has 0 saturated heterocycles. The van der Waals surface area contributed by atoms with E-state index in [2.05, 4.69) is 0 Å². The maximum absolute atomic E-state index is 13.6. The van der Waals surface area contributed by atoms with E-state index in [-0.39, 0.29) is 11.1 Å². The van der Waals surface area contributed by atoms with Crippen molar-refractivity contribution in [1.29, 1.82) is 0 Å². The van der Waals surface area contributed by atoms with Crippen LogP contribution in [0, 0.1) is 17.5 Å². The second-order valence-corrected chi connectivity index (χ2v) is 6.31. The van der Waals surface area contributed by atoms with Crippen LogP contribution in [0.5, 0.6) is 0 Å². The van der Waals surface area contributed by atoms with Crippen LogP contribution < -0.4 is 4.72 Å². The Balaban J connectivity index is 2.26. The van der Waals surface area contributed by atoms with Crippen LogP contribution in [0.1, 0.15) is 15.9 Å². The summed E-state index contributed by atoms with van der Waals surface area (Å²) in [5.74, 6) is -4.28. The Morgan fingerprint density at radius 2 is 1.65 bits per heavy atom. The molecule has 0 aromatic heterocycles. The summed E-state index contributed by atoms with van der Waals surface area (Å²) in [7, 11) is -4.30. The highest BCUT2D eigenvalue weighted by Crippen LogP contribution is 2.15. The minimum Gasteiger partial charge on any atom is -0.478 e. The van der Waals surface area contributed by atoms with Crippen LogP contribution in [0.3, 0.4) is 0 Å². The molecule has 2 aromatic carbocycles. The molecule has 2 rings (SSSR count). The Morgan fingerprint density at radius 3 is 2.22 bits per heavy atom. The van der Waals surface area contributed by atoms with E-state index in [0.717, 1.165) is 18.2 Å². The van der Waals surface area contributed by atoms with Gasteiger partial charge in [0.15, 0.2) is 0 Å². The van der Waals surface area contributed by atoms with Gasteiger partial charge in [-0.15, -0.1) is 0 Å². The fraction of sp³-hybridized carbons (Fsp3) is 0.0714. The largest absolute Gasteiger partial charge is 0.478 e. The molecule has 2 aromatic rings. The van der Waals surface area contributed by atoms with Crippen LogP contribution in [0.2, 0.25) is 0 Å². The highest BCUT2D eigenvalue weighted by atomic mass is 32.2. The van der Waals surface area contributed by atoms with Gasteiger partial charge in [-0.1, -0.05) is 0 Å². The summed E-state index contributed by atoms with van der Waals surface area (Å²) < 4.78 is 65.6. The van der Waals surface area contributed by atoms with Gasteiger partial charge in [-0.25, -0.2) is 31.1 Å². The van der Waals surface area contributed by atoms with Gasteiger partial charge in [0.1, 0.15) is 17.5 Å². The topological polar surface area (TPSA) is 83.5 Å². The summed E-state index contributed by atoms with van der Waals surface area (Å²) in [4.78, 5) is 10.2. The predicted octanol–water partition coefficient (Wildman–Crippen LogP) is 2.28. The minimum absolute atomic E-state index is 0.217. The summed E-state index contributed by atoms with van der Waals surface area (Å²) in [6.07, 6.45) is 0. The maximum Gasteiger partial charge on any atom is 0.335 e. The standard InChI is InChI=1S/C14H10F3NO4S/c15-10-4-11(16)6-12(5-10)23(21,22)18-7-9-3-8(14(19)20)1-2-13(9)17/h1-6,18H,7H2,(H,19,20). The molecule has 2 N–H and O–H groups in total. The van der Waals surface area contributed by atoms with Crippen molar-refractivity contribution in [3.63, 3.8) is 0 Å². The molecule has 0 amide bonds. The number of nitrogens with one attached hydrogen (secondary N) is 1. The Kier molecular flexibility index (Phi) is 4.71. The average Bonchev–Trinajstić information content (AvgIpc) is 2.45. The van der Waals surface area contributed by atoms with Crippen molar-refractivity contribution in [1.82, 2.24) is 4.72 Å². The third-order valence-corrected chi connectivity index (χ3v) is 4.27. The molecule has 122 valence electrons. The quantitative estimate of drug-likeness (QED) is 0.871. The Bertz CT molecular complexity index is 848. The fourth-order valence-corrected chi connectivity index (χ4v) is 2.83. The lowest BCUT2D eigenvalue weighted by Gasteiger charge is -2.09. The maximum atomic E-state index is 13.6. The van der Waals surface area contributed by atoms with Crippen molar-refractivity contribution in [3.8, 4) is 0 Å². The van der Waals surface area contributed by atoms with Crippen molar-refractivity contribution in [3.05, 3.63) is 65.0 Å². The van der Waals surface area contributed by atoms with Crippen LogP contribution in [0.4, 0.5) is 13.2 Å². The number of carbonyl (C=O) groups is 1. The van der Waals surface area contributed by atoms with Gasteiger partial charge in [-0.05, 0) is 30.3 Å². The Hall–Kier alpha value is -2.39. The Labute approximate surface area is 129 Å². The summed E-state index contributed by atoms with van der Waals surface area (Å²) in [5.41, 5.74) is -0.442. The molecule has 0 spiro atoms. The second-order valence-electron chi connectivity index (χ2n) is 4.54. The zero-order valence-corrected chi connectivity index (χ0v) is 12.2. The first-order valence-corrected chi connectivity index (χ1v) is 7.65. The molecule has 23 heavy (non-hydrogen) atoms. The SMILES string of the molecule is O=C(O)c1ccc(F)c(CNS(=O)(=O)c2cc(F)cc(F)c2)c1. The lowest BCUT2D eigenvalue weighted by Crippen LogP contribution is -2.24. The summed E-state index contributed by atoms with van der Waals surface area (Å²) in [5, 5.41) is 8.82. The van der Waals surface area contributed by atoms with Gasteiger partial charge in [0.25, 0.3) is 0 Å². The number of benzene rings is 2. The van der Waals surface area contributed by atoms with Crippen molar-refractivity contribution < 1.29 is 31.5 Å². The zero-order valence-electron chi connectivity index (χ0n) is 11.4. The fourth-order valence-electron chi connectivity index (χ4n) is 1.78. The average molecular weight is 345 g/mol. The van der Waals surface area contributed by atoms with Crippen LogP contribution >= 0.6 is 0 Å². The normalized spacial score (nSPS) is 11.4. The molecule has 0 fully saturated rings. The number of hydrogen-bond acceptors (Lipinski definition) is 3. The molecular weight excluding hydrogens is 335 g/mol. The van der Waals surface area contributed by atoms with Crippen LogP contribution in [-0.4, -0.2) is 19.5 Å². The van der Waals surface area contributed by atoms with E-state index >= 15 is 0 Å². The molecule has 0 atom stereocenters. The van der Waals surface area contributed by atoms with E-state index in [9.17, 15) is 26.4 Å². The highest BCUT2D eigenvalue weighted by Gasteiger charge is 2.17. The van der Waals surface area contributed by atoms with Crippen molar-refractivity contribution in [2.45, 2.75) is 11.4 Å². The first-order valence-electron chi connectivity index (χ1n) is 6.16. The van der Waals surface area contributed by atoms with E-state index in [1.165, 1.54) is 0 Å². The summed E-state index contributed by atoms with van der Waals surface area (Å²) in [6, 6.07) is 4.60. The lowest BCUT2D eigenvalue weighted by atomic mass is 10.1. The first kappa shape index (κ1) is 17.0. The molecule has 0 aliphatic rings. The lowest BCUT2D eigenvalue weighted by molar-refractivity contribution is 0.0696. The number of halogens is 3. The molecule has 0 radical (unpaired) electrons. The van der Waals surface area contributed by atoms with E-state index in [1.54, 1.807) is 0 Å². The number of sulfonamides is 1. The molecule has 9 heteroatoms. The van der Waals surface area contributed by atoms with E-state index in [4.69, 9.17) is 5.11 Å². The van der Waals surface area contributed by atoms with Gasteiger partial charge in [0.05, 0.1) is 10.5 Å². The van der Waals surface area contributed by atoms with Crippen molar-refractivity contribution >= 4 is 16.0 Å². The molecule has 0 saturated carbocycles. The van der Waals surface area contributed by atoms with Crippen LogP contribution in [-0.2, 0) is 16.6 Å². The first-order chi connectivity index (χ1) is 10.7. The molecule has 0 aliphatic carbocycles. The van der Waals surface area contributed by atoms with Gasteiger partial charge in [0.2, 0.25) is 10.0 Å². The molecule has 0 aliphatic heterocycles. The van der Waals surface area contributed by atoms with E-state index in [0.29, 0.717) is 18.2 Å². The minimum atomic E-state index is -4.30.